The second kappa shape index (κ2) is 9.69. The Hall–Kier alpha value is -3.65. The van der Waals surface area contributed by atoms with Crippen LogP contribution in [0.3, 0.4) is 0 Å². The fourth-order valence-corrected chi connectivity index (χ4v) is 3.78. The van der Waals surface area contributed by atoms with Crippen molar-refractivity contribution in [3.8, 4) is 5.69 Å². The van der Waals surface area contributed by atoms with Gasteiger partial charge in [0.2, 0.25) is 0 Å². The third-order valence-electron chi connectivity index (χ3n) is 5.51. The minimum Gasteiger partial charge on any atom is -0.444 e. The van der Waals surface area contributed by atoms with Crippen LogP contribution in [0.4, 0.5) is 10.5 Å². The number of ether oxygens (including phenoxy) is 2. The summed E-state index contributed by atoms with van der Waals surface area (Å²) < 4.78 is 13.1. The lowest BCUT2D eigenvalue weighted by Gasteiger charge is -2.34. The molecular weight excluding hydrogens is 432 g/mol. The Morgan fingerprint density at radius 1 is 1.09 bits per heavy atom. The molecule has 2 heterocycles. The second-order valence-electron chi connectivity index (χ2n) is 9.25. The van der Waals surface area contributed by atoms with E-state index in [1.165, 1.54) is 0 Å². The molecule has 4 rings (SSSR count). The van der Waals surface area contributed by atoms with Crippen molar-refractivity contribution in [2.75, 3.05) is 25.0 Å². The monoisotopic (exact) mass is 462 g/mol. The normalized spacial score (nSPS) is 16.2. The molecule has 2 amide bonds. The van der Waals surface area contributed by atoms with Gasteiger partial charge in [-0.15, -0.1) is 0 Å². The lowest BCUT2D eigenvalue weighted by Crippen LogP contribution is -2.44. The maximum absolute atomic E-state index is 12.9. The Morgan fingerprint density at radius 3 is 2.47 bits per heavy atom. The third kappa shape index (κ3) is 5.46. The van der Waals surface area contributed by atoms with Crippen molar-refractivity contribution in [3.63, 3.8) is 0 Å². The van der Waals surface area contributed by atoms with Crippen molar-refractivity contribution < 1.29 is 19.1 Å². The zero-order chi connectivity index (χ0) is 24.3. The summed E-state index contributed by atoms with van der Waals surface area (Å²) in [5.41, 5.74) is 3.23. The van der Waals surface area contributed by atoms with Gasteiger partial charge in [0, 0.05) is 12.2 Å². The van der Waals surface area contributed by atoms with Gasteiger partial charge >= 0.3 is 6.09 Å². The number of hydrogen-bond donors (Lipinski definition) is 1. The summed E-state index contributed by atoms with van der Waals surface area (Å²) >= 11 is 0. The number of hydrogen-bond acceptors (Lipinski definition) is 5. The van der Waals surface area contributed by atoms with Crippen LogP contribution in [0.25, 0.3) is 5.69 Å². The highest BCUT2D eigenvalue weighted by Gasteiger charge is 2.29. The quantitative estimate of drug-likeness (QED) is 0.605. The average Bonchev–Trinajstić information content (AvgIpc) is 3.20. The highest BCUT2D eigenvalue weighted by Crippen LogP contribution is 2.25. The van der Waals surface area contributed by atoms with Crippen LogP contribution in [0.5, 0.6) is 0 Å². The van der Waals surface area contributed by atoms with Crippen molar-refractivity contribution in [2.45, 2.75) is 39.4 Å². The predicted molar refractivity (Wildman–Crippen MR) is 129 cm³/mol. The summed E-state index contributed by atoms with van der Waals surface area (Å²) in [4.78, 5) is 26.9. The Balaban J connectivity index is 1.40. The predicted octanol–water partition coefficient (Wildman–Crippen LogP) is 4.74. The molecule has 178 valence electrons. The van der Waals surface area contributed by atoms with E-state index >= 15 is 0 Å². The van der Waals surface area contributed by atoms with Crippen LogP contribution in [-0.4, -0.2) is 52.0 Å². The van der Waals surface area contributed by atoms with E-state index in [0.717, 1.165) is 16.9 Å². The standard InChI is InChI=1S/C26H30N4O4/c1-18-22(16-27-30(18)21-8-6-5-7-9-21)24(31)28-20-12-10-19(11-13-20)23-17-29(14-15-33-23)25(32)34-26(2,3)4/h5-13,16,23H,14-15,17H2,1-4H3,(H,28,31)/t23-/m1/s1. The van der Waals surface area contributed by atoms with E-state index < -0.39 is 5.60 Å². The molecule has 0 aliphatic carbocycles. The van der Waals surface area contributed by atoms with Crippen molar-refractivity contribution in [1.82, 2.24) is 14.7 Å². The molecule has 1 aliphatic heterocycles. The maximum atomic E-state index is 12.9. The van der Waals surface area contributed by atoms with Gasteiger partial charge in [0.1, 0.15) is 11.7 Å². The van der Waals surface area contributed by atoms with E-state index in [0.29, 0.717) is 30.9 Å². The molecule has 1 aromatic heterocycles. The summed E-state index contributed by atoms with van der Waals surface area (Å²) in [5, 5.41) is 7.29. The molecule has 0 saturated carbocycles. The summed E-state index contributed by atoms with van der Waals surface area (Å²) in [5.74, 6) is -0.225. The highest BCUT2D eigenvalue weighted by molar-refractivity contribution is 6.05. The van der Waals surface area contributed by atoms with Gasteiger partial charge in [-0.05, 0) is 57.5 Å². The molecule has 1 aliphatic rings. The van der Waals surface area contributed by atoms with E-state index in [1.807, 2.05) is 82.3 Å². The number of amides is 2. The van der Waals surface area contributed by atoms with E-state index in [1.54, 1.807) is 15.8 Å². The van der Waals surface area contributed by atoms with Crippen LogP contribution < -0.4 is 5.32 Å². The molecular formula is C26H30N4O4. The fourth-order valence-electron chi connectivity index (χ4n) is 3.78. The van der Waals surface area contributed by atoms with Crippen molar-refractivity contribution in [1.29, 1.82) is 0 Å². The molecule has 1 atom stereocenters. The number of nitrogens with zero attached hydrogens (tertiary/aromatic N) is 3. The summed E-state index contributed by atoms with van der Waals surface area (Å²) in [7, 11) is 0. The Kier molecular flexibility index (Phi) is 6.70. The van der Waals surface area contributed by atoms with Crippen molar-refractivity contribution in [2.24, 2.45) is 0 Å². The van der Waals surface area contributed by atoms with E-state index in [2.05, 4.69) is 10.4 Å². The number of rotatable bonds is 4. The Labute approximate surface area is 199 Å². The number of benzene rings is 2. The van der Waals surface area contributed by atoms with Gasteiger partial charge in [0.15, 0.2) is 0 Å². The molecule has 1 fully saturated rings. The number of nitrogens with one attached hydrogen (secondary N) is 1. The molecule has 8 nitrogen and oxygen atoms in total. The van der Waals surface area contributed by atoms with Crippen LogP contribution in [0.1, 0.15) is 48.5 Å². The number of anilines is 1. The minimum absolute atomic E-state index is 0.225. The summed E-state index contributed by atoms with van der Waals surface area (Å²) in [6.45, 7) is 8.77. The molecule has 0 unspecified atom stereocenters. The third-order valence-corrected chi connectivity index (χ3v) is 5.51. The van der Waals surface area contributed by atoms with Crippen molar-refractivity contribution >= 4 is 17.7 Å². The van der Waals surface area contributed by atoms with E-state index in [-0.39, 0.29) is 18.1 Å². The lowest BCUT2D eigenvalue weighted by atomic mass is 10.1. The topological polar surface area (TPSA) is 85.7 Å². The number of carbonyl (C=O) groups excluding carboxylic acids is 2. The first-order valence-corrected chi connectivity index (χ1v) is 11.3. The van der Waals surface area contributed by atoms with Gasteiger partial charge in [-0.2, -0.15) is 5.10 Å². The molecule has 0 radical (unpaired) electrons. The van der Waals surface area contributed by atoms with Crippen LogP contribution in [0.15, 0.2) is 60.8 Å². The maximum Gasteiger partial charge on any atom is 0.410 e. The number of morpholine rings is 1. The summed E-state index contributed by atoms with van der Waals surface area (Å²) in [6.07, 6.45) is 0.987. The first-order valence-electron chi connectivity index (χ1n) is 11.3. The van der Waals surface area contributed by atoms with Gasteiger partial charge in [-0.1, -0.05) is 30.3 Å². The smallest absolute Gasteiger partial charge is 0.410 e. The molecule has 1 N–H and O–H groups in total. The average molecular weight is 463 g/mol. The van der Waals surface area contributed by atoms with Crippen LogP contribution in [-0.2, 0) is 9.47 Å². The molecule has 2 aromatic carbocycles. The molecule has 1 saturated heterocycles. The van der Waals surface area contributed by atoms with Gasteiger partial charge < -0.3 is 19.7 Å². The Morgan fingerprint density at radius 2 is 1.79 bits per heavy atom. The van der Waals surface area contributed by atoms with Gasteiger partial charge in [0.25, 0.3) is 5.91 Å². The van der Waals surface area contributed by atoms with Gasteiger partial charge in [-0.3, -0.25) is 4.79 Å². The zero-order valence-electron chi connectivity index (χ0n) is 19.9. The zero-order valence-corrected chi connectivity index (χ0v) is 19.9. The Bertz CT molecular complexity index is 1150. The first-order chi connectivity index (χ1) is 16.2. The van der Waals surface area contributed by atoms with Crippen LogP contribution in [0.2, 0.25) is 0 Å². The van der Waals surface area contributed by atoms with Gasteiger partial charge in [0.05, 0.1) is 36.3 Å². The number of carbonyl (C=O) groups is 2. The molecule has 8 heteroatoms. The van der Waals surface area contributed by atoms with E-state index in [9.17, 15) is 9.59 Å². The second-order valence-corrected chi connectivity index (χ2v) is 9.25. The van der Waals surface area contributed by atoms with Crippen molar-refractivity contribution in [3.05, 3.63) is 77.6 Å². The highest BCUT2D eigenvalue weighted by atomic mass is 16.6. The van der Waals surface area contributed by atoms with Crippen LogP contribution in [0, 0.1) is 6.92 Å². The molecule has 0 spiro atoms. The minimum atomic E-state index is -0.541. The SMILES string of the molecule is Cc1c(C(=O)Nc2ccc([C@H]3CN(C(=O)OC(C)(C)C)CCO3)cc2)cnn1-c1ccccc1. The molecule has 0 bridgehead atoms. The largest absolute Gasteiger partial charge is 0.444 e. The number of aromatic nitrogens is 2. The molecule has 3 aromatic rings. The molecule has 34 heavy (non-hydrogen) atoms. The lowest BCUT2D eigenvalue weighted by molar-refractivity contribution is -0.0432. The van der Waals surface area contributed by atoms with Gasteiger partial charge in [-0.25, -0.2) is 9.48 Å². The fraction of sp³-hybridized carbons (Fsp3) is 0.346. The first kappa shape index (κ1) is 23.5. The summed E-state index contributed by atoms with van der Waals surface area (Å²) in [6, 6.07) is 17.2. The van der Waals surface area contributed by atoms with E-state index in [4.69, 9.17) is 9.47 Å². The number of para-hydroxylation sites is 1. The van der Waals surface area contributed by atoms with Crippen LogP contribution >= 0.6 is 0 Å².